The molecule has 1 saturated heterocycles. The van der Waals surface area contributed by atoms with Crippen LogP contribution in [0.5, 0.6) is 0 Å². The molecule has 1 aromatic rings. The van der Waals surface area contributed by atoms with Crippen LogP contribution < -0.4 is 10.6 Å². The average Bonchev–Trinajstić information content (AvgIpc) is 3.01. The zero-order valence-corrected chi connectivity index (χ0v) is 13.2. The minimum Gasteiger partial charge on any atom is -0.352 e. The van der Waals surface area contributed by atoms with Crippen LogP contribution in [0.3, 0.4) is 0 Å². The summed E-state index contributed by atoms with van der Waals surface area (Å²) in [5, 5.41) is 7.50. The number of rotatable bonds is 6. The molecule has 1 aliphatic rings. The van der Waals surface area contributed by atoms with Crippen LogP contribution in [0, 0.1) is 0 Å². The summed E-state index contributed by atoms with van der Waals surface area (Å²) in [7, 11) is 0. The van der Waals surface area contributed by atoms with E-state index < -0.39 is 0 Å². The Hall–Kier alpha value is -1.40. The second-order valence-electron chi connectivity index (χ2n) is 5.34. The van der Waals surface area contributed by atoms with Crippen molar-refractivity contribution in [3.05, 3.63) is 22.4 Å². The first kappa shape index (κ1) is 16.0. The van der Waals surface area contributed by atoms with Gasteiger partial charge in [-0.2, -0.15) is 0 Å². The fourth-order valence-electron chi connectivity index (χ4n) is 2.55. The van der Waals surface area contributed by atoms with Crippen LogP contribution in [0.1, 0.15) is 35.9 Å². The van der Waals surface area contributed by atoms with Gasteiger partial charge in [-0.05, 0) is 37.3 Å². The lowest BCUT2D eigenvalue weighted by molar-refractivity contribution is -0.121. The Bertz CT molecular complexity index is 453. The third-order valence-electron chi connectivity index (χ3n) is 3.65. The van der Waals surface area contributed by atoms with Gasteiger partial charge < -0.3 is 15.5 Å². The van der Waals surface area contributed by atoms with Crippen LogP contribution in [-0.4, -0.2) is 48.9 Å². The van der Waals surface area contributed by atoms with E-state index in [1.807, 2.05) is 11.4 Å². The maximum atomic E-state index is 11.9. The highest BCUT2D eigenvalue weighted by Crippen LogP contribution is 2.10. The molecule has 2 heterocycles. The van der Waals surface area contributed by atoms with E-state index in [0.717, 1.165) is 32.5 Å². The molecule has 2 N–H and O–H groups in total. The van der Waals surface area contributed by atoms with Crippen molar-refractivity contribution in [2.45, 2.75) is 32.2 Å². The Labute approximate surface area is 129 Å². The Morgan fingerprint density at radius 3 is 2.76 bits per heavy atom. The Morgan fingerprint density at radius 2 is 2.14 bits per heavy atom. The first-order chi connectivity index (χ1) is 10.2. The molecule has 0 aliphatic carbocycles. The number of piperidine rings is 1. The molecule has 0 radical (unpaired) electrons. The normalized spacial score (nSPS) is 16.6. The van der Waals surface area contributed by atoms with Gasteiger partial charge in [-0.15, -0.1) is 11.3 Å². The predicted molar refractivity (Wildman–Crippen MR) is 84.5 cm³/mol. The van der Waals surface area contributed by atoms with Crippen LogP contribution in [0.25, 0.3) is 0 Å². The maximum Gasteiger partial charge on any atom is 0.261 e. The van der Waals surface area contributed by atoms with Crippen molar-refractivity contribution in [2.24, 2.45) is 0 Å². The summed E-state index contributed by atoms with van der Waals surface area (Å²) in [5.74, 6) is -0.285. The summed E-state index contributed by atoms with van der Waals surface area (Å²) < 4.78 is 0. The number of nitrogens with zero attached hydrogens (tertiary/aromatic N) is 1. The number of hydrogen-bond donors (Lipinski definition) is 2. The number of nitrogens with one attached hydrogen (secondary N) is 2. The minimum atomic E-state index is -0.182. The number of carbonyl (C=O) groups is 2. The van der Waals surface area contributed by atoms with Gasteiger partial charge in [0.05, 0.1) is 11.4 Å². The van der Waals surface area contributed by atoms with E-state index in [-0.39, 0.29) is 24.4 Å². The molecule has 6 heteroatoms. The summed E-state index contributed by atoms with van der Waals surface area (Å²) in [6.07, 6.45) is 3.15. The van der Waals surface area contributed by atoms with Gasteiger partial charge in [0, 0.05) is 19.1 Å². The van der Waals surface area contributed by atoms with Gasteiger partial charge in [-0.25, -0.2) is 0 Å². The van der Waals surface area contributed by atoms with Gasteiger partial charge in [0.1, 0.15) is 0 Å². The largest absolute Gasteiger partial charge is 0.352 e. The summed E-state index contributed by atoms with van der Waals surface area (Å²) in [6.45, 7) is 5.45. The highest BCUT2D eigenvalue weighted by molar-refractivity contribution is 7.12. The summed E-state index contributed by atoms with van der Waals surface area (Å²) in [5.41, 5.74) is 0. The van der Waals surface area contributed by atoms with Crippen LogP contribution in [0.15, 0.2) is 17.5 Å². The molecule has 1 aliphatic heterocycles. The van der Waals surface area contributed by atoms with Crippen molar-refractivity contribution in [2.75, 3.05) is 26.2 Å². The highest BCUT2D eigenvalue weighted by Gasteiger charge is 2.20. The lowest BCUT2D eigenvalue weighted by Crippen LogP contribution is -2.47. The van der Waals surface area contributed by atoms with Gasteiger partial charge in [0.15, 0.2) is 0 Å². The van der Waals surface area contributed by atoms with Crippen LogP contribution in [0.4, 0.5) is 0 Å². The zero-order valence-electron chi connectivity index (χ0n) is 12.4. The molecule has 2 amide bonds. The van der Waals surface area contributed by atoms with Crippen LogP contribution in [0.2, 0.25) is 0 Å². The summed E-state index contributed by atoms with van der Waals surface area (Å²) in [4.78, 5) is 26.7. The first-order valence-corrected chi connectivity index (χ1v) is 8.40. The molecule has 21 heavy (non-hydrogen) atoms. The van der Waals surface area contributed by atoms with Crippen molar-refractivity contribution in [1.82, 2.24) is 15.5 Å². The van der Waals surface area contributed by atoms with Crippen molar-refractivity contribution in [1.29, 1.82) is 0 Å². The van der Waals surface area contributed by atoms with E-state index in [0.29, 0.717) is 4.88 Å². The highest BCUT2D eigenvalue weighted by atomic mass is 32.1. The van der Waals surface area contributed by atoms with Gasteiger partial charge in [-0.1, -0.05) is 13.0 Å². The lowest BCUT2D eigenvalue weighted by atomic mass is 10.0. The number of amides is 2. The van der Waals surface area contributed by atoms with E-state index in [2.05, 4.69) is 22.5 Å². The first-order valence-electron chi connectivity index (χ1n) is 7.52. The third kappa shape index (κ3) is 5.13. The van der Waals surface area contributed by atoms with Gasteiger partial charge >= 0.3 is 0 Å². The van der Waals surface area contributed by atoms with E-state index in [9.17, 15) is 9.59 Å². The van der Waals surface area contributed by atoms with E-state index in [4.69, 9.17) is 0 Å². The lowest BCUT2D eigenvalue weighted by Gasteiger charge is -2.32. The van der Waals surface area contributed by atoms with Crippen molar-refractivity contribution >= 4 is 23.2 Å². The zero-order chi connectivity index (χ0) is 15.1. The van der Waals surface area contributed by atoms with Crippen molar-refractivity contribution < 1.29 is 9.59 Å². The summed E-state index contributed by atoms with van der Waals surface area (Å²) >= 11 is 1.37. The molecular weight excluding hydrogens is 286 g/mol. The molecule has 0 unspecified atom stereocenters. The van der Waals surface area contributed by atoms with Crippen molar-refractivity contribution in [3.63, 3.8) is 0 Å². The fourth-order valence-corrected chi connectivity index (χ4v) is 3.19. The molecule has 0 bridgehead atoms. The van der Waals surface area contributed by atoms with Gasteiger partial charge in [-0.3, -0.25) is 9.59 Å². The molecule has 1 fully saturated rings. The SMILES string of the molecule is CCCN1CCC(NC(=O)CNC(=O)c2cccs2)CC1. The Morgan fingerprint density at radius 1 is 1.38 bits per heavy atom. The smallest absolute Gasteiger partial charge is 0.261 e. The molecule has 0 spiro atoms. The van der Waals surface area contributed by atoms with Gasteiger partial charge in [0.25, 0.3) is 5.91 Å². The number of hydrogen-bond acceptors (Lipinski definition) is 4. The molecule has 0 saturated carbocycles. The number of thiophene rings is 1. The molecule has 5 nitrogen and oxygen atoms in total. The van der Waals surface area contributed by atoms with Crippen LogP contribution >= 0.6 is 11.3 Å². The quantitative estimate of drug-likeness (QED) is 0.836. The Kier molecular flexibility index (Phi) is 6.20. The van der Waals surface area contributed by atoms with Gasteiger partial charge in [0.2, 0.25) is 5.91 Å². The molecular formula is C15H23N3O2S. The number of likely N-dealkylation sites (tertiary alicyclic amines) is 1. The molecule has 2 rings (SSSR count). The van der Waals surface area contributed by atoms with Crippen molar-refractivity contribution in [3.8, 4) is 0 Å². The average molecular weight is 309 g/mol. The second kappa shape index (κ2) is 8.14. The topological polar surface area (TPSA) is 61.4 Å². The minimum absolute atomic E-state index is 0.0475. The fraction of sp³-hybridized carbons (Fsp3) is 0.600. The van der Waals surface area contributed by atoms with Crippen LogP contribution in [-0.2, 0) is 4.79 Å². The molecule has 0 aromatic carbocycles. The van der Waals surface area contributed by atoms with E-state index in [1.165, 1.54) is 17.8 Å². The summed E-state index contributed by atoms with van der Waals surface area (Å²) in [6, 6.07) is 3.81. The predicted octanol–water partition coefficient (Wildman–Crippen LogP) is 1.47. The molecule has 1 aromatic heterocycles. The molecule has 116 valence electrons. The number of carbonyl (C=O) groups excluding carboxylic acids is 2. The third-order valence-corrected chi connectivity index (χ3v) is 4.52. The van der Waals surface area contributed by atoms with E-state index in [1.54, 1.807) is 6.07 Å². The van der Waals surface area contributed by atoms with E-state index >= 15 is 0 Å². The Balaban J connectivity index is 1.65. The maximum absolute atomic E-state index is 11.9. The monoisotopic (exact) mass is 309 g/mol. The molecule has 0 atom stereocenters. The second-order valence-corrected chi connectivity index (χ2v) is 6.29. The standard InChI is InChI=1S/C15H23N3O2S/c1-2-7-18-8-5-12(6-9-18)17-14(19)11-16-15(20)13-4-3-10-21-13/h3-4,10,12H,2,5-9,11H2,1H3,(H,16,20)(H,17,19).